The molecule has 2 aliphatic carbocycles. The fourth-order valence-corrected chi connectivity index (χ4v) is 7.93. The second kappa shape index (κ2) is 3.33. The second-order valence-electron chi connectivity index (χ2n) is 7.15. The maximum atomic E-state index is 6.47. The Bertz CT molecular complexity index is 244. The van der Waals surface area contributed by atoms with E-state index in [0.717, 1.165) is 5.92 Å². The highest BCUT2D eigenvalue weighted by Crippen LogP contribution is 2.64. The van der Waals surface area contributed by atoms with Gasteiger partial charge in [-0.2, -0.15) is 0 Å². The van der Waals surface area contributed by atoms with Gasteiger partial charge >= 0.3 is 0 Å². The molecule has 2 heteroatoms. The Hall–Kier alpha value is 0.177. The maximum absolute atomic E-state index is 6.47. The van der Waals surface area contributed by atoms with Gasteiger partial charge in [-0.05, 0) is 64.1 Å². The zero-order valence-electron chi connectivity index (χ0n) is 11.0. The molecule has 0 saturated heterocycles. The van der Waals surface area contributed by atoms with Gasteiger partial charge in [0.2, 0.25) is 0 Å². The predicted molar refractivity (Wildman–Crippen MR) is 67.6 cm³/mol. The maximum Gasteiger partial charge on any atom is 0.193 e. The average Bonchev–Trinajstić information content (AvgIpc) is 2.58. The van der Waals surface area contributed by atoms with Crippen molar-refractivity contribution in [3.05, 3.63) is 0 Å². The van der Waals surface area contributed by atoms with E-state index in [4.69, 9.17) is 4.43 Å². The Morgan fingerprint density at radius 2 is 1.67 bits per heavy atom. The summed E-state index contributed by atoms with van der Waals surface area (Å²) in [4.78, 5) is 0. The van der Waals surface area contributed by atoms with Crippen molar-refractivity contribution in [1.82, 2.24) is 0 Å². The largest absolute Gasteiger partial charge is 0.412 e. The predicted octanol–water partition coefficient (Wildman–Crippen LogP) is 4.34. The van der Waals surface area contributed by atoms with Gasteiger partial charge in [0, 0.05) is 5.60 Å². The molecule has 15 heavy (non-hydrogen) atoms. The number of hydrogen-bond donors (Lipinski definition) is 0. The minimum absolute atomic E-state index is 0.0468. The Morgan fingerprint density at radius 1 is 1.13 bits per heavy atom. The van der Waals surface area contributed by atoms with Crippen LogP contribution in [-0.4, -0.2) is 13.9 Å². The van der Waals surface area contributed by atoms with Crippen molar-refractivity contribution in [3.63, 3.8) is 0 Å². The SMILES string of the molecule is CC(C)(C)O[Si](C)(C)C12CCC(CC1)C2. The quantitative estimate of drug-likeness (QED) is 0.636. The molecule has 2 saturated carbocycles. The minimum atomic E-state index is -1.51. The highest BCUT2D eigenvalue weighted by molar-refractivity contribution is 6.74. The fraction of sp³-hybridized carbons (Fsp3) is 1.00. The molecule has 0 heterocycles. The molecule has 0 radical (unpaired) electrons. The smallest absolute Gasteiger partial charge is 0.193 e. The van der Waals surface area contributed by atoms with Crippen molar-refractivity contribution >= 4 is 8.32 Å². The molecule has 0 aromatic rings. The molecular formula is C13H26OSi. The minimum Gasteiger partial charge on any atom is -0.412 e. The van der Waals surface area contributed by atoms with Crippen LogP contribution >= 0.6 is 0 Å². The summed E-state index contributed by atoms with van der Waals surface area (Å²) in [6, 6.07) is 0. The van der Waals surface area contributed by atoms with Gasteiger partial charge in [0.1, 0.15) is 0 Å². The molecule has 0 aromatic heterocycles. The van der Waals surface area contributed by atoms with E-state index in [-0.39, 0.29) is 5.60 Å². The van der Waals surface area contributed by atoms with Crippen LogP contribution in [0.2, 0.25) is 18.1 Å². The second-order valence-corrected chi connectivity index (χ2v) is 11.4. The first-order valence-corrected chi connectivity index (χ1v) is 9.35. The normalized spacial score (nSPS) is 36.2. The number of rotatable bonds is 2. The van der Waals surface area contributed by atoms with Crippen molar-refractivity contribution in [1.29, 1.82) is 0 Å². The van der Waals surface area contributed by atoms with Gasteiger partial charge < -0.3 is 4.43 Å². The topological polar surface area (TPSA) is 9.23 Å². The first-order chi connectivity index (χ1) is 6.74. The Kier molecular flexibility index (Phi) is 2.59. The summed E-state index contributed by atoms with van der Waals surface area (Å²) < 4.78 is 6.47. The summed E-state index contributed by atoms with van der Waals surface area (Å²) >= 11 is 0. The van der Waals surface area contributed by atoms with E-state index in [1.54, 1.807) is 0 Å². The van der Waals surface area contributed by atoms with Gasteiger partial charge in [-0.3, -0.25) is 0 Å². The lowest BCUT2D eigenvalue weighted by Crippen LogP contribution is -2.48. The Morgan fingerprint density at radius 3 is 2.00 bits per heavy atom. The first-order valence-electron chi connectivity index (χ1n) is 6.44. The third-order valence-corrected chi connectivity index (χ3v) is 8.96. The lowest BCUT2D eigenvalue weighted by molar-refractivity contribution is 0.108. The van der Waals surface area contributed by atoms with E-state index in [0.29, 0.717) is 5.04 Å². The highest BCUT2D eigenvalue weighted by Gasteiger charge is 2.56. The molecule has 2 bridgehead atoms. The molecule has 0 aliphatic heterocycles. The monoisotopic (exact) mass is 226 g/mol. The van der Waals surface area contributed by atoms with Crippen LogP contribution in [-0.2, 0) is 4.43 Å². The summed E-state index contributed by atoms with van der Waals surface area (Å²) in [5.74, 6) is 1.04. The van der Waals surface area contributed by atoms with Crippen LogP contribution in [0.4, 0.5) is 0 Å². The lowest BCUT2D eigenvalue weighted by atomic mass is 10.0. The lowest BCUT2D eigenvalue weighted by Gasteiger charge is -2.44. The van der Waals surface area contributed by atoms with E-state index >= 15 is 0 Å². The van der Waals surface area contributed by atoms with Crippen molar-refractivity contribution in [2.24, 2.45) is 5.92 Å². The molecule has 2 rings (SSSR count). The van der Waals surface area contributed by atoms with Gasteiger partial charge in [0.05, 0.1) is 0 Å². The summed E-state index contributed by atoms with van der Waals surface area (Å²) in [7, 11) is -1.51. The highest BCUT2D eigenvalue weighted by atomic mass is 28.4. The molecule has 1 nitrogen and oxygen atoms in total. The third kappa shape index (κ3) is 2.03. The Balaban J connectivity index is 2.14. The average molecular weight is 226 g/mol. The molecular weight excluding hydrogens is 200 g/mol. The molecule has 0 aromatic carbocycles. The molecule has 0 spiro atoms. The van der Waals surface area contributed by atoms with Gasteiger partial charge in [0.25, 0.3) is 0 Å². The van der Waals surface area contributed by atoms with E-state index < -0.39 is 8.32 Å². The van der Waals surface area contributed by atoms with Crippen molar-refractivity contribution in [3.8, 4) is 0 Å². The molecule has 2 fully saturated rings. The van der Waals surface area contributed by atoms with Crippen molar-refractivity contribution in [2.75, 3.05) is 0 Å². The first kappa shape index (κ1) is 11.7. The van der Waals surface area contributed by atoms with Gasteiger partial charge in [-0.1, -0.05) is 12.8 Å². The zero-order valence-corrected chi connectivity index (χ0v) is 12.0. The van der Waals surface area contributed by atoms with E-state index in [2.05, 4.69) is 33.9 Å². The molecule has 0 amide bonds. The molecule has 88 valence electrons. The van der Waals surface area contributed by atoms with E-state index in [9.17, 15) is 0 Å². The summed E-state index contributed by atoms with van der Waals surface area (Å²) in [6.45, 7) is 11.5. The van der Waals surface area contributed by atoms with Gasteiger partial charge in [0.15, 0.2) is 8.32 Å². The van der Waals surface area contributed by atoms with Crippen LogP contribution in [0.25, 0.3) is 0 Å². The summed E-state index contributed by atoms with van der Waals surface area (Å²) in [5.41, 5.74) is 0.0468. The number of hydrogen-bond acceptors (Lipinski definition) is 1. The van der Waals surface area contributed by atoms with Crippen LogP contribution in [0.1, 0.15) is 52.9 Å². The van der Waals surface area contributed by atoms with Crippen LogP contribution < -0.4 is 0 Å². The third-order valence-electron chi connectivity index (χ3n) is 4.58. The molecule has 2 aliphatic rings. The van der Waals surface area contributed by atoms with Crippen LogP contribution in [0, 0.1) is 5.92 Å². The van der Waals surface area contributed by atoms with Gasteiger partial charge in [-0.25, -0.2) is 0 Å². The number of fused-ring (bicyclic) bond motifs is 2. The standard InChI is InChI=1S/C13H26OSi/c1-12(2,3)14-15(4,5)13-8-6-11(10-13)7-9-13/h11H,6-10H2,1-5H3. The van der Waals surface area contributed by atoms with Crippen molar-refractivity contribution < 1.29 is 4.43 Å². The Labute approximate surface area is 95.7 Å². The molecule has 0 N–H and O–H groups in total. The van der Waals surface area contributed by atoms with Gasteiger partial charge in [-0.15, -0.1) is 0 Å². The van der Waals surface area contributed by atoms with Crippen molar-refractivity contribution in [2.45, 2.75) is 76.6 Å². The summed E-state index contributed by atoms with van der Waals surface area (Å²) in [6.07, 6.45) is 7.33. The van der Waals surface area contributed by atoms with E-state index in [1.165, 1.54) is 32.1 Å². The summed E-state index contributed by atoms with van der Waals surface area (Å²) in [5, 5.41) is 0.630. The molecule has 0 atom stereocenters. The van der Waals surface area contributed by atoms with Crippen LogP contribution in [0.3, 0.4) is 0 Å². The molecule has 0 unspecified atom stereocenters. The van der Waals surface area contributed by atoms with Crippen LogP contribution in [0.15, 0.2) is 0 Å². The zero-order chi connectivity index (χ0) is 11.3. The van der Waals surface area contributed by atoms with E-state index in [1.807, 2.05) is 0 Å². The van der Waals surface area contributed by atoms with Crippen LogP contribution in [0.5, 0.6) is 0 Å². The fourth-order valence-electron chi connectivity index (χ4n) is 3.91.